The predicted molar refractivity (Wildman–Crippen MR) is 93.8 cm³/mol. The van der Waals surface area contributed by atoms with Gasteiger partial charge in [-0.2, -0.15) is 0 Å². The summed E-state index contributed by atoms with van der Waals surface area (Å²) in [5, 5.41) is 0. The van der Waals surface area contributed by atoms with E-state index >= 15 is 0 Å². The van der Waals surface area contributed by atoms with Gasteiger partial charge in [0.2, 0.25) is 5.91 Å². The minimum atomic E-state index is 0.111. The molecule has 1 amide bonds. The van der Waals surface area contributed by atoms with Crippen molar-refractivity contribution in [3.8, 4) is 11.1 Å². The van der Waals surface area contributed by atoms with E-state index in [1.165, 1.54) is 16.7 Å². The van der Waals surface area contributed by atoms with E-state index in [1.54, 1.807) is 6.92 Å². The van der Waals surface area contributed by atoms with Crippen LogP contribution in [0.5, 0.6) is 0 Å². The summed E-state index contributed by atoms with van der Waals surface area (Å²) in [5.41, 5.74) is 11.9. The minimum Gasteiger partial charge on any atom is -0.398 e. The molecular weight excluding hydrogens is 375 g/mol. The van der Waals surface area contributed by atoms with Crippen molar-refractivity contribution in [2.45, 2.75) is 19.9 Å². The lowest BCUT2D eigenvalue weighted by Gasteiger charge is -2.31. The monoisotopic (exact) mass is 392 g/mol. The van der Waals surface area contributed by atoms with Crippen molar-refractivity contribution in [3.05, 3.63) is 51.1 Å². The number of anilines is 1. The first kappa shape index (κ1) is 14.4. The maximum absolute atomic E-state index is 11.6. The lowest BCUT2D eigenvalue weighted by molar-refractivity contribution is -0.129. The predicted octanol–water partition coefficient (Wildman–Crippen LogP) is 3.45. The van der Waals surface area contributed by atoms with Gasteiger partial charge >= 0.3 is 0 Å². The Morgan fingerprint density at radius 3 is 2.62 bits per heavy atom. The summed E-state index contributed by atoms with van der Waals surface area (Å²) in [6, 6.07) is 12.5. The summed E-state index contributed by atoms with van der Waals surface area (Å²) in [6.07, 6.45) is 0.861. The van der Waals surface area contributed by atoms with Crippen molar-refractivity contribution in [2.24, 2.45) is 0 Å². The third kappa shape index (κ3) is 2.64. The number of fused-ring (bicyclic) bond motifs is 1. The van der Waals surface area contributed by atoms with Crippen LogP contribution >= 0.6 is 22.6 Å². The highest BCUT2D eigenvalue weighted by atomic mass is 127. The van der Waals surface area contributed by atoms with Crippen LogP contribution in [0.3, 0.4) is 0 Å². The third-order valence-corrected chi connectivity index (χ3v) is 4.95. The molecule has 0 atom stereocenters. The van der Waals surface area contributed by atoms with E-state index in [0.717, 1.165) is 27.8 Å². The third-order valence-electron chi connectivity index (χ3n) is 4.05. The van der Waals surface area contributed by atoms with Gasteiger partial charge in [0.15, 0.2) is 0 Å². The van der Waals surface area contributed by atoms with Crippen LogP contribution < -0.4 is 5.73 Å². The SMILES string of the molecule is CC(=O)N1CCc2c(-c3ccccc3)cc(I)c(N)c2C1. The van der Waals surface area contributed by atoms with Crippen molar-refractivity contribution < 1.29 is 4.79 Å². The number of rotatable bonds is 1. The van der Waals surface area contributed by atoms with E-state index in [9.17, 15) is 4.79 Å². The average molecular weight is 392 g/mol. The molecule has 0 radical (unpaired) electrons. The van der Waals surface area contributed by atoms with Crippen LogP contribution in [0.25, 0.3) is 11.1 Å². The van der Waals surface area contributed by atoms with E-state index < -0.39 is 0 Å². The molecule has 108 valence electrons. The van der Waals surface area contributed by atoms with E-state index in [1.807, 2.05) is 11.0 Å². The molecule has 2 aromatic carbocycles. The Bertz CT molecular complexity index is 698. The van der Waals surface area contributed by atoms with Crippen LogP contribution in [0.2, 0.25) is 0 Å². The van der Waals surface area contributed by atoms with E-state index in [0.29, 0.717) is 6.54 Å². The molecule has 0 spiro atoms. The van der Waals surface area contributed by atoms with E-state index in [-0.39, 0.29) is 5.91 Å². The summed E-state index contributed by atoms with van der Waals surface area (Å²) in [5.74, 6) is 0.111. The molecule has 0 bridgehead atoms. The van der Waals surface area contributed by atoms with Gasteiger partial charge in [-0.3, -0.25) is 4.79 Å². The van der Waals surface area contributed by atoms with Crippen LogP contribution in [0.15, 0.2) is 36.4 Å². The molecule has 3 rings (SSSR count). The van der Waals surface area contributed by atoms with Gasteiger partial charge in [-0.05, 0) is 57.3 Å². The first-order chi connectivity index (χ1) is 10.1. The molecular formula is C17H17IN2O. The standard InChI is InChI=1S/C17H17IN2O/c1-11(21)20-8-7-13-14(12-5-3-2-4-6-12)9-16(18)17(19)15(13)10-20/h2-6,9H,7-8,10,19H2,1H3. The van der Waals surface area contributed by atoms with Crippen LogP contribution in [0.1, 0.15) is 18.1 Å². The maximum atomic E-state index is 11.6. The Balaban J connectivity index is 2.15. The number of nitrogen functional groups attached to an aromatic ring is 1. The molecule has 0 fully saturated rings. The molecule has 3 nitrogen and oxygen atoms in total. The number of hydrogen-bond acceptors (Lipinski definition) is 2. The fourth-order valence-corrected chi connectivity index (χ4v) is 3.52. The number of halogens is 1. The van der Waals surface area contributed by atoms with E-state index in [4.69, 9.17) is 5.73 Å². The number of benzene rings is 2. The molecule has 2 N–H and O–H groups in total. The van der Waals surface area contributed by atoms with Gasteiger partial charge in [0.1, 0.15) is 0 Å². The van der Waals surface area contributed by atoms with Gasteiger partial charge in [0, 0.05) is 23.6 Å². The Hall–Kier alpha value is -1.56. The highest BCUT2D eigenvalue weighted by Gasteiger charge is 2.24. The van der Waals surface area contributed by atoms with Crippen molar-refractivity contribution in [3.63, 3.8) is 0 Å². The first-order valence-corrected chi connectivity index (χ1v) is 8.06. The molecule has 0 saturated heterocycles. The zero-order chi connectivity index (χ0) is 15.0. The van der Waals surface area contributed by atoms with Gasteiger partial charge in [-0.15, -0.1) is 0 Å². The van der Waals surface area contributed by atoms with Crippen LogP contribution in [0, 0.1) is 3.57 Å². The zero-order valence-corrected chi connectivity index (χ0v) is 14.1. The normalized spacial score (nSPS) is 13.9. The molecule has 1 aliphatic heterocycles. The second-order valence-corrected chi connectivity index (χ2v) is 6.50. The second-order valence-electron chi connectivity index (χ2n) is 5.33. The summed E-state index contributed by atoms with van der Waals surface area (Å²) < 4.78 is 1.05. The maximum Gasteiger partial charge on any atom is 0.219 e. The number of carbonyl (C=O) groups excluding carboxylic acids is 1. The van der Waals surface area contributed by atoms with Crippen LogP contribution in [0.4, 0.5) is 5.69 Å². The van der Waals surface area contributed by atoms with Crippen molar-refractivity contribution >= 4 is 34.2 Å². The van der Waals surface area contributed by atoms with Gasteiger partial charge in [-0.1, -0.05) is 30.3 Å². The van der Waals surface area contributed by atoms with Crippen molar-refractivity contribution in [1.29, 1.82) is 0 Å². The first-order valence-electron chi connectivity index (χ1n) is 6.98. The van der Waals surface area contributed by atoms with Crippen LogP contribution in [-0.4, -0.2) is 17.4 Å². The molecule has 21 heavy (non-hydrogen) atoms. The molecule has 0 aliphatic carbocycles. The number of nitrogens with two attached hydrogens (primary N) is 1. The van der Waals surface area contributed by atoms with Gasteiger partial charge in [0.05, 0.1) is 5.69 Å². The Kier molecular flexibility index (Phi) is 3.89. The smallest absolute Gasteiger partial charge is 0.219 e. The summed E-state index contributed by atoms with van der Waals surface area (Å²) in [6.45, 7) is 3.00. The molecule has 2 aromatic rings. The van der Waals surface area contributed by atoms with Crippen molar-refractivity contribution in [1.82, 2.24) is 4.90 Å². The Morgan fingerprint density at radius 2 is 1.95 bits per heavy atom. The number of nitrogens with zero attached hydrogens (tertiary/aromatic N) is 1. The molecule has 0 saturated carbocycles. The lowest BCUT2D eigenvalue weighted by Crippen LogP contribution is -2.35. The topological polar surface area (TPSA) is 46.3 Å². The quantitative estimate of drug-likeness (QED) is 0.597. The fraction of sp³-hybridized carbons (Fsp3) is 0.235. The summed E-state index contributed by atoms with van der Waals surface area (Å²) >= 11 is 2.28. The highest BCUT2D eigenvalue weighted by molar-refractivity contribution is 14.1. The van der Waals surface area contributed by atoms with Crippen LogP contribution in [-0.2, 0) is 17.8 Å². The average Bonchev–Trinajstić information content (AvgIpc) is 2.51. The highest BCUT2D eigenvalue weighted by Crippen LogP contribution is 2.36. The minimum absolute atomic E-state index is 0.111. The summed E-state index contributed by atoms with van der Waals surface area (Å²) in [7, 11) is 0. The molecule has 1 heterocycles. The van der Waals surface area contributed by atoms with Gasteiger partial charge in [0.25, 0.3) is 0 Å². The summed E-state index contributed by atoms with van der Waals surface area (Å²) in [4.78, 5) is 13.5. The fourth-order valence-electron chi connectivity index (χ4n) is 2.89. The van der Waals surface area contributed by atoms with Gasteiger partial charge < -0.3 is 10.6 Å². The second kappa shape index (κ2) is 5.67. The van der Waals surface area contributed by atoms with E-state index in [2.05, 4.69) is 52.9 Å². The number of hydrogen-bond donors (Lipinski definition) is 1. The van der Waals surface area contributed by atoms with Crippen molar-refractivity contribution in [2.75, 3.05) is 12.3 Å². The number of amides is 1. The Labute approximate surface area is 138 Å². The largest absolute Gasteiger partial charge is 0.398 e. The lowest BCUT2D eigenvalue weighted by atomic mass is 9.89. The molecule has 0 unspecified atom stereocenters. The molecule has 4 heteroatoms. The number of carbonyl (C=O) groups is 1. The zero-order valence-electron chi connectivity index (χ0n) is 11.9. The molecule has 0 aromatic heterocycles. The molecule has 1 aliphatic rings. The van der Waals surface area contributed by atoms with Gasteiger partial charge in [-0.25, -0.2) is 0 Å². The Morgan fingerprint density at radius 1 is 1.24 bits per heavy atom.